The van der Waals surface area contributed by atoms with Crippen molar-refractivity contribution in [1.29, 1.82) is 0 Å². The van der Waals surface area contributed by atoms with Crippen molar-refractivity contribution in [3.05, 3.63) is 70.2 Å². The summed E-state index contributed by atoms with van der Waals surface area (Å²) in [5.74, 6) is -0.0793. The highest BCUT2D eigenvalue weighted by molar-refractivity contribution is 6.30. The lowest BCUT2D eigenvalue weighted by Gasteiger charge is -2.35. The van der Waals surface area contributed by atoms with E-state index in [-0.39, 0.29) is 11.8 Å². The van der Waals surface area contributed by atoms with E-state index in [9.17, 15) is 9.59 Å². The maximum absolute atomic E-state index is 12.7. The molecule has 0 spiro atoms. The van der Waals surface area contributed by atoms with Gasteiger partial charge in [0.15, 0.2) is 0 Å². The number of carbonyl (C=O) groups excluding carboxylic acids is 2. The molecular weight excluding hydrogens is 366 g/mol. The third-order valence-electron chi connectivity index (χ3n) is 4.41. The zero-order valence-electron chi connectivity index (χ0n) is 15.0. The molecule has 0 atom stereocenters. The van der Waals surface area contributed by atoms with Gasteiger partial charge in [0, 0.05) is 42.3 Å². The van der Waals surface area contributed by atoms with Gasteiger partial charge in [-0.05, 0) is 42.0 Å². The van der Waals surface area contributed by atoms with Crippen LogP contribution < -0.4 is 0 Å². The Labute approximate surface area is 163 Å². The van der Waals surface area contributed by atoms with Gasteiger partial charge in [0.05, 0.1) is 6.21 Å². The third kappa shape index (κ3) is 4.65. The number of carbonyl (C=O) groups is 2. The van der Waals surface area contributed by atoms with Crippen LogP contribution in [0.25, 0.3) is 0 Å². The normalized spacial score (nSPS) is 14.4. The summed E-state index contributed by atoms with van der Waals surface area (Å²) in [5.41, 5.74) is 2.07. The number of benzene rings is 2. The van der Waals surface area contributed by atoms with Crippen molar-refractivity contribution in [3.63, 3.8) is 0 Å². The molecule has 1 aliphatic heterocycles. The molecule has 0 saturated carbocycles. The van der Waals surface area contributed by atoms with Crippen LogP contribution in [0.5, 0.6) is 0 Å². The van der Waals surface area contributed by atoms with Crippen molar-refractivity contribution in [3.8, 4) is 0 Å². The number of rotatable bonds is 4. The van der Waals surface area contributed by atoms with E-state index < -0.39 is 0 Å². The Balaban J connectivity index is 1.58. The number of hydrogen-bond acceptors (Lipinski definition) is 4. The highest BCUT2D eigenvalue weighted by Gasteiger charge is 2.25. The van der Waals surface area contributed by atoms with Gasteiger partial charge >= 0.3 is 0 Å². The van der Waals surface area contributed by atoms with Crippen molar-refractivity contribution in [2.75, 3.05) is 33.3 Å². The van der Waals surface area contributed by atoms with Crippen LogP contribution in [0.15, 0.2) is 53.7 Å². The molecule has 2 aromatic carbocycles. The summed E-state index contributed by atoms with van der Waals surface area (Å²) < 4.78 is 0. The molecule has 3 rings (SSSR count). The molecule has 2 amide bonds. The molecule has 2 aromatic rings. The zero-order chi connectivity index (χ0) is 19.2. The first-order valence-electron chi connectivity index (χ1n) is 8.59. The maximum Gasteiger partial charge on any atom is 0.253 e. The highest BCUT2D eigenvalue weighted by Crippen LogP contribution is 2.14. The van der Waals surface area contributed by atoms with Gasteiger partial charge in [-0.1, -0.05) is 28.9 Å². The van der Waals surface area contributed by atoms with E-state index in [0.29, 0.717) is 42.3 Å². The van der Waals surface area contributed by atoms with E-state index >= 15 is 0 Å². The topological polar surface area (TPSA) is 62.2 Å². The van der Waals surface area contributed by atoms with Crippen LogP contribution in [-0.4, -0.2) is 61.1 Å². The van der Waals surface area contributed by atoms with Gasteiger partial charge in [-0.3, -0.25) is 9.59 Å². The van der Waals surface area contributed by atoms with Gasteiger partial charge in [0.25, 0.3) is 11.8 Å². The maximum atomic E-state index is 12.7. The van der Waals surface area contributed by atoms with Gasteiger partial charge < -0.3 is 14.6 Å². The van der Waals surface area contributed by atoms with Crippen molar-refractivity contribution in [1.82, 2.24) is 9.80 Å². The van der Waals surface area contributed by atoms with E-state index in [4.69, 9.17) is 11.6 Å². The smallest absolute Gasteiger partial charge is 0.253 e. The summed E-state index contributed by atoms with van der Waals surface area (Å²) in [6, 6.07) is 14.0. The predicted molar refractivity (Wildman–Crippen MR) is 104 cm³/mol. The van der Waals surface area contributed by atoms with E-state index in [1.54, 1.807) is 52.4 Å². The Hall–Kier alpha value is -2.86. The molecule has 1 saturated heterocycles. The van der Waals surface area contributed by atoms with Crippen molar-refractivity contribution < 1.29 is 14.4 Å². The fraction of sp³-hybridized carbons (Fsp3) is 0.250. The monoisotopic (exact) mass is 385 g/mol. The predicted octanol–water partition coefficient (Wildman–Crippen LogP) is 2.92. The van der Waals surface area contributed by atoms with Crippen LogP contribution in [0.2, 0.25) is 5.02 Å². The SMILES string of the molecule is CO/N=C/c1ccc(C(=O)N2CCN(C(=O)c3ccc(Cl)cc3)CC2)cc1. The molecule has 140 valence electrons. The number of oxime groups is 1. The Bertz CT molecular complexity index is 827. The molecule has 1 aliphatic rings. The summed E-state index contributed by atoms with van der Waals surface area (Å²) in [5, 5.41) is 4.29. The van der Waals surface area contributed by atoms with Gasteiger partial charge in [-0.2, -0.15) is 0 Å². The first-order chi connectivity index (χ1) is 13.1. The quantitative estimate of drug-likeness (QED) is 0.600. The Morgan fingerprint density at radius 2 is 1.33 bits per heavy atom. The average molecular weight is 386 g/mol. The molecule has 0 unspecified atom stereocenters. The summed E-state index contributed by atoms with van der Waals surface area (Å²) in [6.07, 6.45) is 1.58. The minimum absolute atomic E-state index is 0.0381. The fourth-order valence-electron chi connectivity index (χ4n) is 2.90. The summed E-state index contributed by atoms with van der Waals surface area (Å²) in [4.78, 5) is 33.4. The summed E-state index contributed by atoms with van der Waals surface area (Å²) in [6.45, 7) is 2.02. The van der Waals surface area contributed by atoms with Crippen molar-refractivity contribution in [2.24, 2.45) is 5.16 Å². The molecule has 0 radical (unpaired) electrons. The third-order valence-corrected chi connectivity index (χ3v) is 4.66. The van der Waals surface area contributed by atoms with Gasteiger partial charge in [-0.15, -0.1) is 0 Å². The summed E-state index contributed by atoms with van der Waals surface area (Å²) in [7, 11) is 1.48. The van der Waals surface area contributed by atoms with Crippen LogP contribution in [-0.2, 0) is 4.84 Å². The van der Waals surface area contributed by atoms with Crippen LogP contribution in [0.1, 0.15) is 26.3 Å². The standard InChI is InChI=1S/C20H20ClN3O3/c1-27-22-14-15-2-4-16(5-3-15)19(25)23-10-12-24(13-11-23)20(26)17-6-8-18(21)9-7-17/h2-9,14H,10-13H2,1H3/b22-14+. The lowest BCUT2D eigenvalue weighted by atomic mass is 10.1. The number of amides is 2. The minimum Gasteiger partial charge on any atom is -0.399 e. The van der Waals surface area contributed by atoms with Crippen LogP contribution in [0.3, 0.4) is 0 Å². The molecule has 1 fully saturated rings. The second kappa shape index (κ2) is 8.68. The molecule has 0 aliphatic carbocycles. The van der Waals surface area contributed by atoms with E-state index in [0.717, 1.165) is 5.56 Å². The van der Waals surface area contributed by atoms with Crippen LogP contribution in [0.4, 0.5) is 0 Å². The average Bonchev–Trinajstić information content (AvgIpc) is 2.72. The first kappa shape index (κ1) is 18.9. The molecular formula is C20H20ClN3O3. The molecule has 0 aromatic heterocycles. The van der Waals surface area contributed by atoms with E-state index in [2.05, 4.69) is 9.99 Å². The molecule has 27 heavy (non-hydrogen) atoms. The minimum atomic E-state index is -0.0412. The lowest BCUT2D eigenvalue weighted by Crippen LogP contribution is -2.50. The zero-order valence-corrected chi connectivity index (χ0v) is 15.7. The van der Waals surface area contributed by atoms with E-state index in [1.807, 2.05) is 12.1 Å². The fourth-order valence-corrected chi connectivity index (χ4v) is 3.02. The van der Waals surface area contributed by atoms with Gasteiger partial charge in [-0.25, -0.2) is 0 Å². The number of piperazine rings is 1. The molecule has 0 N–H and O–H groups in total. The molecule has 6 nitrogen and oxygen atoms in total. The Kier molecular flexibility index (Phi) is 6.08. The van der Waals surface area contributed by atoms with Crippen LogP contribution in [0, 0.1) is 0 Å². The largest absolute Gasteiger partial charge is 0.399 e. The van der Waals surface area contributed by atoms with E-state index in [1.165, 1.54) is 7.11 Å². The summed E-state index contributed by atoms with van der Waals surface area (Å²) >= 11 is 5.87. The van der Waals surface area contributed by atoms with Crippen LogP contribution >= 0.6 is 11.6 Å². The van der Waals surface area contributed by atoms with Gasteiger partial charge in [0.2, 0.25) is 0 Å². The highest BCUT2D eigenvalue weighted by atomic mass is 35.5. The Morgan fingerprint density at radius 3 is 1.78 bits per heavy atom. The number of hydrogen-bond donors (Lipinski definition) is 0. The second-order valence-electron chi connectivity index (χ2n) is 6.13. The number of nitrogens with zero attached hydrogens (tertiary/aromatic N) is 3. The molecule has 7 heteroatoms. The van der Waals surface area contributed by atoms with Crippen molar-refractivity contribution >= 4 is 29.6 Å². The van der Waals surface area contributed by atoms with Gasteiger partial charge in [0.1, 0.15) is 7.11 Å². The lowest BCUT2D eigenvalue weighted by molar-refractivity contribution is 0.0535. The Morgan fingerprint density at radius 1 is 0.889 bits per heavy atom. The second-order valence-corrected chi connectivity index (χ2v) is 6.57. The first-order valence-corrected chi connectivity index (χ1v) is 8.97. The molecule has 0 bridgehead atoms. The van der Waals surface area contributed by atoms with Crippen molar-refractivity contribution in [2.45, 2.75) is 0 Å². The number of halogens is 1. The molecule has 1 heterocycles.